The van der Waals surface area contributed by atoms with E-state index in [0.717, 1.165) is 4.57 Å². The first-order chi connectivity index (χ1) is 12.7. The van der Waals surface area contributed by atoms with Crippen LogP contribution in [0.25, 0.3) is 6.08 Å². The summed E-state index contributed by atoms with van der Waals surface area (Å²) in [4.78, 5) is 37.1. The third-order valence-corrected chi connectivity index (χ3v) is 4.45. The highest BCUT2D eigenvalue weighted by molar-refractivity contribution is 6.32. The standard InChI is InChI=1S/C19H18N4O4/c1-10-13(17(25)22(3)19(27)15(10)16(20)24)9-14-11(2)21-23(18(14)26)12-7-5-4-6-8-12/h4-9,27H,1-3H3,(H2,20,24). The number of para-hydroxylation sites is 1. The minimum absolute atomic E-state index is 0.0944. The molecule has 0 fully saturated rings. The molecule has 8 heteroatoms. The molecule has 0 saturated heterocycles. The predicted octanol–water partition coefficient (Wildman–Crippen LogP) is 1.30. The van der Waals surface area contributed by atoms with Crippen LogP contribution in [0, 0.1) is 6.92 Å². The molecule has 1 aromatic carbocycles. The number of carbonyl (C=O) groups is 2. The Hall–Kier alpha value is -3.68. The first-order valence-corrected chi connectivity index (χ1v) is 8.13. The molecule has 1 aromatic heterocycles. The monoisotopic (exact) mass is 366 g/mol. The van der Waals surface area contributed by atoms with Crippen LogP contribution in [-0.4, -0.2) is 27.2 Å². The summed E-state index contributed by atoms with van der Waals surface area (Å²) in [5.41, 5.74) is 6.16. The highest BCUT2D eigenvalue weighted by Crippen LogP contribution is 2.26. The first-order valence-electron chi connectivity index (χ1n) is 8.13. The van der Waals surface area contributed by atoms with Gasteiger partial charge in [-0.3, -0.25) is 19.0 Å². The Bertz CT molecular complexity index is 1080. The van der Waals surface area contributed by atoms with Gasteiger partial charge in [0.1, 0.15) is 5.56 Å². The quantitative estimate of drug-likeness (QED) is 0.796. The summed E-state index contributed by atoms with van der Waals surface area (Å²) >= 11 is 0. The molecule has 0 radical (unpaired) electrons. The van der Waals surface area contributed by atoms with Crippen LogP contribution in [0.15, 0.2) is 45.8 Å². The maximum atomic E-state index is 12.8. The maximum Gasteiger partial charge on any atom is 0.280 e. The number of primary amides is 1. The van der Waals surface area contributed by atoms with Crippen LogP contribution < -0.4 is 16.3 Å². The van der Waals surface area contributed by atoms with E-state index in [1.807, 2.05) is 6.07 Å². The molecule has 138 valence electrons. The number of pyridine rings is 1. The van der Waals surface area contributed by atoms with Gasteiger partial charge in [0.15, 0.2) is 0 Å². The number of hydrazone groups is 1. The van der Waals surface area contributed by atoms with Gasteiger partial charge in [-0.05, 0) is 37.6 Å². The van der Waals surface area contributed by atoms with Gasteiger partial charge in [0, 0.05) is 12.6 Å². The lowest BCUT2D eigenvalue weighted by atomic mass is 10.0. The van der Waals surface area contributed by atoms with Crippen molar-refractivity contribution in [1.29, 1.82) is 0 Å². The number of amides is 2. The van der Waals surface area contributed by atoms with Gasteiger partial charge in [-0.15, -0.1) is 0 Å². The van der Waals surface area contributed by atoms with Crippen LogP contribution in [0.3, 0.4) is 0 Å². The number of nitrogens with zero attached hydrogens (tertiary/aromatic N) is 3. The maximum absolute atomic E-state index is 12.8. The number of hydrogen-bond acceptors (Lipinski definition) is 5. The third kappa shape index (κ3) is 2.91. The van der Waals surface area contributed by atoms with E-state index in [0.29, 0.717) is 11.4 Å². The molecule has 27 heavy (non-hydrogen) atoms. The van der Waals surface area contributed by atoms with Crippen molar-refractivity contribution >= 4 is 29.3 Å². The van der Waals surface area contributed by atoms with E-state index in [-0.39, 0.29) is 22.3 Å². The summed E-state index contributed by atoms with van der Waals surface area (Å²) in [5.74, 6) is -1.77. The highest BCUT2D eigenvalue weighted by Gasteiger charge is 2.30. The van der Waals surface area contributed by atoms with Crippen LogP contribution in [0.5, 0.6) is 5.88 Å². The molecule has 0 bridgehead atoms. The van der Waals surface area contributed by atoms with E-state index >= 15 is 0 Å². The Morgan fingerprint density at radius 1 is 1.19 bits per heavy atom. The Morgan fingerprint density at radius 2 is 1.81 bits per heavy atom. The number of benzene rings is 1. The molecule has 8 nitrogen and oxygen atoms in total. The third-order valence-electron chi connectivity index (χ3n) is 4.45. The van der Waals surface area contributed by atoms with Gasteiger partial charge in [0.05, 0.1) is 17.0 Å². The molecule has 0 atom stereocenters. The van der Waals surface area contributed by atoms with Crippen LogP contribution in [-0.2, 0) is 11.8 Å². The van der Waals surface area contributed by atoms with Crippen molar-refractivity contribution in [3.05, 3.63) is 62.9 Å². The predicted molar refractivity (Wildman–Crippen MR) is 102 cm³/mol. The smallest absolute Gasteiger partial charge is 0.280 e. The molecular weight excluding hydrogens is 348 g/mol. The molecule has 0 saturated carbocycles. The molecule has 1 aliphatic rings. The minimum Gasteiger partial charge on any atom is -0.494 e. The lowest BCUT2D eigenvalue weighted by Crippen LogP contribution is -2.27. The van der Waals surface area contributed by atoms with Crippen molar-refractivity contribution in [2.24, 2.45) is 17.9 Å². The first kappa shape index (κ1) is 18.1. The van der Waals surface area contributed by atoms with E-state index in [2.05, 4.69) is 5.10 Å². The van der Waals surface area contributed by atoms with Gasteiger partial charge in [-0.2, -0.15) is 10.1 Å². The number of nitrogens with two attached hydrogens (primary N) is 1. The number of anilines is 1. The van der Waals surface area contributed by atoms with Crippen molar-refractivity contribution < 1.29 is 14.7 Å². The number of hydrogen-bond donors (Lipinski definition) is 2. The van der Waals surface area contributed by atoms with Gasteiger partial charge < -0.3 is 10.8 Å². The second-order valence-electron chi connectivity index (χ2n) is 6.16. The molecule has 3 rings (SSSR count). The fraction of sp³-hybridized carbons (Fsp3) is 0.158. The average molecular weight is 366 g/mol. The van der Waals surface area contributed by atoms with E-state index in [4.69, 9.17) is 5.73 Å². The summed E-state index contributed by atoms with van der Waals surface area (Å²) in [6.07, 6.45) is 1.38. The van der Waals surface area contributed by atoms with Crippen molar-refractivity contribution in [2.75, 3.05) is 5.01 Å². The van der Waals surface area contributed by atoms with Gasteiger partial charge in [-0.25, -0.2) is 0 Å². The number of aromatic nitrogens is 1. The number of rotatable bonds is 3. The number of carbonyl (C=O) groups excluding carboxylic acids is 2. The van der Waals surface area contributed by atoms with Crippen molar-refractivity contribution in [3.63, 3.8) is 0 Å². The zero-order valence-corrected chi connectivity index (χ0v) is 15.1. The molecule has 3 N–H and O–H groups in total. The zero-order chi connectivity index (χ0) is 19.9. The molecular formula is C19H18N4O4. The number of aromatic hydroxyl groups is 1. The molecule has 0 unspecified atom stereocenters. The van der Waals surface area contributed by atoms with Crippen molar-refractivity contribution in [1.82, 2.24) is 4.57 Å². The second-order valence-corrected chi connectivity index (χ2v) is 6.16. The summed E-state index contributed by atoms with van der Waals surface area (Å²) in [5, 5.41) is 15.6. The molecule has 2 amide bonds. The summed E-state index contributed by atoms with van der Waals surface area (Å²) in [7, 11) is 1.32. The van der Waals surface area contributed by atoms with Crippen LogP contribution in [0.2, 0.25) is 0 Å². The fourth-order valence-corrected chi connectivity index (χ4v) is 2.95. The summed E-state index contributed by atoms with van der Waals surface area (Å²) in [6.45, 7) is 3.15. The SMILES string of the molecule is CC1=NN(c2ccccc2)C(=O)C1=Cc1c(C)c(C(N)=O)c(O)n(C)c1=O. The Balaban J connectivity index is 2.16. The molecule has 1 aliphatic heterocycles. The lowest BCUT2D eigenvalue weighted by molar-refractivity contribution is -0.114. The van der Waals surface area contributed by atoms with Gasteiger partial charge in [-0.1, -0.05) is 18.2 Å². The van der Waals surface area contributed by atoms with Crippen molar-refractivity contribution in [2.45, 2.75) is 13.8 Å². The van der Waals surface area contributed by atoms with Crippen molar-refractivity contribution in [3.8, 4) is 5.88 Å². The van der Waals surface area contributed by atoms with Crippen LogP contribution >= 0.6 is 0 Å². The minimum atomic E-state index is -0.866. The Labute approximate surface area is 154 Å². The largest absolute Gasteiger partial charge is 0.494 e. The summed E-state index contributed by atoms with van der Waals surface area (Å²) in [6, 6.07) is 8.88. The Morgan fingerprint density at radius 3 is 2.41 bits per heavy atom. The zero-order valence-electron chi connectivity index (χ0n) is 15.1. The van der Waals surface area contributed by atoms with Gasteiger partial charge in [0.25, 0.3) is 17.4 Å². The lowest BCUT2D eigenvalue weighted by Gasteiger charge is -2.13. The van der Waals surface area contributed by atoms with E-state index in [1.165, 1.54) is 25.1 Å². The van der Waals surface area contributed by atoms with E-state index < -0.39 is 23.3 Å². The molecule has 2 heterocycles. The molecule has 2 aromatic rings. The average Bonchev–Trinajstić information content (AvgIpc) is 2.91. The highest BCUT2D eigenvalue weighted by atomic mass is 16.3. The van der Waals surface area contributed by atoms with Gasteiger partial charge in [0.2, 0.25) is 5.88 Å². The van der Waals surface area contributed by atoms with Gasteiger partial charge >= 0.3 is 0 Å². The van der Waals surface area contributed by atoms with E-state index in [9.17, 15) is 19.5 Å². The van der Waals surface area contributed by atoms with Crippen LogP contribution in [0.4, 0.5) is 5.69 Å². The summed E-state index contributed by atoms with van der Waals surface area (Å²) < 4.78 is 0.917. The van der Waals surface area contributed by atoms with Crippen LogP contribution in [0.1, 0.15) is 28.4 Å². The topological polar surface area (TPSA) is 118 Å². The fourth-order valence-electron chi connectivity index (χ4n) is 2.95. The van der Waals surface area contributed by atoms with E-state index in [1.54, 1.807) is 31.2 Å². The molecule has 0 spiro atoms. The molecule has 0 aliphatic carbocycles. The second kappa shape index (κ2) is 6.56. The Kier molecular flexibility index (Phi) is 4.40. The normalized spacial score (nSPS) is 15.4.